The van der Waals surface area contributed by atoms with E-state index in [-0.39, 0.29) is 5.78 Å². The number of hydrogen-bond donors (Lipinski definition) is 0. The molecule has 0 N–H and O–H groups in total. The number of thioether (sulfide) groups is 1. The number of carbonyl (C=O) groups is 1. The van der Waals surface area contributed by atoms with Crippen molar-refractivity contribution in [2.75, 3.05) is 12.9 Å². The Morgan fingerprint density at radius 1 is 1.21 bits per heavy atom. The maximum absolute atomic E-state index is 12.2. The van der Waals surface area contributed by atoms with E-state index in [4.69, 9.17) is 4.74 Å². The summed E-state index contributed by atoms with van der Waals surface area (Å²) in [5, 5.41) is 0. The molecule has 0 radical (unpaired) electrons. The fraction of sp³-hybridized carbons (Fsp3) is 0.133. The number of ketones is 1. The molecule has 0 aliphatic rings. The Hall–Kier alpha value is -1.26. The summed E-state index contributed by atoms with van der Waals surface area (Å²) in [6, 6.07) is 15.2. The van der Waals surface area contributed by atoms with Gasteiger partial charge in [0.1, 0.15) is 5.75 Å². The van der Waals surface area contributed by atoms with Crippen LogP contribution in [0.15, 0.2) is 57.9 Å². The minimum atomic E-state index is 0.0717. The van der Waals surface area contributed by atoms with E-state index in [9.17, 15) is 4.79 Å². The molecule has 0 saturated heterocycles. The fourth-order valence-electron chi connectivity index (χ4n) is 1.66. The molecule has 19 heavy (non-hydrogen) atoms. The summed E-state index contributed by atoms with van der Waals surface area (Å²) in [5.74, 6) is 1.10. The molecule has 0 amide bonds. The molecule has 2 aromatic carbocycles. The summed E-state index contributed by atoms with van der Waals surface area (Å²) < 4.78 is 6.22. The Labute approximate surface area is 125 Å². The number of methoxy groups -OCH3 is 1. The molecule has 2 rings (SSSR count). The van der Waals surface area contributed by atoms with Gasteiger partial charge in [-0.2, -0.15) is 0 Å². The number of halogens is 1. The summed E-state index contributed by atoms with van der Waals surface area (Å²) in [7, 11) is 1.58. The Kier molecular flexibility index (Phi) is 5.05. The largest absolute Gasteiger partial charge is 0.496 e. The molecular weight excluding hydrogens is 324 g/mol. The molecular formula is C15H13BrO2S. The van der Waals surface area contributed by atoms with Gasteiger partial charge in [0.05, 0.1) is 18.4 Å². The van der Waals surface area contributed by atoms with Crippen LogP contribution < -0.4 is 4.74 Å². The van der Waals surface area contributed by atoms with Gasteiger partial charge in [0.2, 0.25) is 0 Å². The minimum absolute atomic E-state index is 0.0717. The number of rotatable bonds is 5. The highest BCUT2D eigenvalue weighted by atomic mass is 79.9. The minimum Gasteiger partial charge on any atom is -0.496 e. The topological polar surface area (TPSA) is 26.3 Å². The lowest BCUT2D eigenvalue weighted by Gasteiger charge is -2.07. The van der Waals surface area contributed by atoms with Gasteiger partial charge >= 0.3 is 0 Å². The van der Waals surface area contributed by atoms with E-state index in [0.29, 0.717) is 17.1 Å². The van der Waals surface area contributed by atoms with Crippen molar-refractivity contribution in [2.45, 2.75) is 4.90 Å². The molecule has 0 aliphatic heterocycles. The average molecular weight is 337 g/mol. The number of para-hydroxylation sites is 1. The third-order valence-electron chi connectivity index (χ3n) is 2.57. The SMILES string of the molecule is COc1ccccc1C(=O)CSc1cccc(Br)c1. The van der Waals surface area contributed by atoms with Crippen LogP contribution >= 0.6 is 27.7 Å². The molecule has 0 aliphatic carbocycles. The van der Waals surface area contributed by atoms with Gasteiger partial charge in [0.15, 0.2) is 5.78 Å². The van der Waals surface area contributed by atoms with Crippen LogP contribution in [0.4, 0.5) is 0 Å². The van der Waals surface area contributed by atoms with Gasteiger partial charge in [0, 0.05) is 9.37 Å². The Morgan fingerprint density at radius 2 is 2.00 bits per heavy atom. The highest BCUT2D eigenvalue weighted by Gasteiger charge is 2.11. The molecule has 4 heteroatoms. The van der Waals surface area contributed by atoms with Crippen LogP contribution in [0, 0.1) is 0 Å². The first-order valence-electron chi connectivity index (χ1n) is 5.75. The van der Waals surface area contributed by atoms with E-state index in [1.54, 1.807) is 19.2 Å². The Balaban J connectivity index is 2.05. The van der Waals surface area contributed by atoms with Crippen molar-refractivity contribution >= 4 is 33.5 Å². The molecule has 2 aromatic rings. The highest BCUT2D eigenvalue weighted by Crippen LogP contribution is 2.25. The van der Waals surface area contributed by atoms with Crippen molar-refractivity contribution in [3.8, 4) is 5.75 Å². The third kappa shape index (κ3) is 3.85. The quantitative estimate of drug-likeness (QED) is 0.596. The van der Waals surface area contributed by atoms with Crippen LogP contribution in [-0.4, -0.2) is 18.6 Å². The zero-order valence-electron chi connectivity index (χ0n) is 10.4. The molecule has 0 heterocycles. The van der Waals surface area contributed by atoms with Crippen molar-refractivity contribution in [1.82, 2.24) is 0 Å². The van der Waals surface area contributed by atoms with Crippen molar-refractivity contribution in [1.29, 1.82) is 0 Å². The predicted molar refractivity (Wildman–Crippen MR) is 82.2 cm³/mol. The summed E-state index contributed by atoms with van der Waals surface area (Å²) in [6.45, 7) is 0. The molecule has 0 atom stereocenters. The maximum atomic E-state index is 12.2. The van der Waals surface area contributed by atoms with Gasteiger partial charge in [-0.05, 0) is 30.3 Å². The molecule has 0 aromatic heterocycles. The van der Waals surface area contributed by atoms with Crippen LogP contribution in [0.1, 0.15) is 10.4 Å². The normalized spacial score (nSPS) is 10.2. The summed E-state index contributed by atoms with van der Waals surface area (Å²) in [6.07, 6.45) is 0. The van der Waals surface area contributed by atoms with Gasteiger partial charge in [-0.3, -0.25) is 4.79 Å². The number of Topliss-reactive ketones (excluding diaryl/α,β-unsaturated/α-hetero) is 1. The predicted octanol–water partition coefficient (Wildman–Crippen LogP) is 4.43. The summed E-state index contributed by atoms with van der Waals surface area (Å²) in [5.41, 5.74) is 0.632. The van der Waals surface area contributed by atoms with Gasteiger partial charge in [-0.25, -0.2) is 0 Å². The van der Waals surface area contributed by atoms with Gasteiger partial charge in [-0.1, -0.05) is 34.1 Å². The first-order valence-corrected chi connectivity index (χ1v) is 7.53. The molecule has 0 spiro atoms. The van der Waals surface area contributed by atoms with Crippen molar-refractivity contribution < 1.29 is 9.53 Å². The van der Waals surface area contributed by atoms with E-state index in [0.717, 1.165) is 9.37 Å². The van der Waals surface area contributed by atoms with Gasteiger partial charge in [-0.15, -0.1) is 11.8 Å². The fourth-order valence-corrected chi connectivity index (χ4v) is 3.05. The monoisotopic (exact) mass is 336 g/mol. The zero-order valence-corrected chi connectivity index (χ0v) is 12.8. The second-order valence-electron chi connectivity index (χ2n) is 3.87. The standard InChI is InChI=1S/C15H13BrO2S/c1-18-15-8-3-2-7-13(15)14(17)10-19-12-6-4-5-11(16)9-12/h2-9H,10H2,1H3. The highest BCUT2D eigenvalue weighted by molar-refractivity contribution is 9.10. The smallest absolute Gasteiger partial charge is 0.176 e. The lowest BCUT2D eigenvalue weighted by atomic mass is 10.1. The molecule has 0 bridgehead atoms. The van der Waals surface area contributed by atoms with E-state index in [2.05, 4.69) is 15.9 Å². The molecule has 0 unspecified atom stereocenters. The van der Waals surface area contributed by atoms with E-state index in [1.165, 1.54) is 11.8 Å². The van der Waals surface area contributed by atoms with Crippen LogP contribution in [0.5, 0.6) is 5.75 Å². The first-order chi connectivity index (χ1) is 9.20. The Morgan fingerprint density at radius 3 is 2.74 bits per heavy atom. The molecule has 2 nitrogen and oxygen atoms in total. The summed E-state index contributed by atoms with van der Waals surface area (Å²) >= 11 is 4.94. The van der Waals surface area contributed by atoms with Crippen LogP contribution in [0.25, 0.3) is 0 Å². The number of benzene rings is 2. The van der Waals surface area contributed by atoms with Crippen LogP contribution in [0.3, 0.4) is 0 Å². The van der Waals surface area contributed by atoms with E-state index >= 15 is 0 Å². The van der Waals surface area contributed by atoms with Crippen molar-refractivity contribution in [3.63, 3.8) is 0 Å². The van der Waals surface area contributed by atoms with Gasteiger partial charge < -0.3 is 4.74 Å². The second-order valence-corrected chi connectivity index (χ2v) is 5.83. The lowest BCUT2D eigenvalue weighted by Crippen LogP contribution is -2.04. The second kappa shape index (κ2) is 6.78. The first kappa shape index (κ1) is 14.2. The Bertz CT molecular complexity index is 584. The van der Waals surface area contributed by atoms with E-state index < -0.39 is 0 Å². The summed E-state index contributed by atoms with van der Waals surface area (Å²) in [4.78, 5) is 13.2. The van der Waals surface area contributed by atoms with Crippen LogP contribution in [0.2, 0.25) is 0 Å². The average Bonchev–Trinajstić information content (AvgIpc) is 2.45. The van der Waals surface area contributed by atoms with Crippen LogP contribution in [-0.2, 0) is 0 Å². The number of ether oxygens (including phenoxy) is 1. The zero-order chi connectivity index (χ0) is 13.7. The lowest BCUT2D eigenvalue weighted by molar-refractivity contribution is 0.101. The van der Waals surface area contributed by atoms with Crippen molar-refractivity contribution in [2.24, 2.45) is 0 Å². The maximum Gasteiger partial charge on any atom is 0.176 e. The number of carbonyl (C=O) groups excluding carboxylic acids is 1. The van der Waals surface area contributed by atoms with Crippen molar-refractivity contribution in [3.05, 3.63) is 58.6 Å². The molecule has 98 valence electrons. The van der Waals surface area contributed by atoms with Gasteiger partial charge in [0.25, 0.3) is 0 Å². The third-order valence-corrected chi connectivity index (χ3v) is 4.06. The molecule has 0 saturated carbocycles. The van der Waals surface area contributed by atoms with E-state index in [1.807, 2.05) is 36.4 Å². The number of hydrogen-bond acceptors (Lipinski definition) is 3. The molecule has 0 fully saturated rings.